The van der Waals surface area contributed by atoms with Gasteiger partial charge in [-0.15, -0.1) is 4.72 Å². The molecule has 0 aliphatic carbocycles. The van der Waals surface area contributed by atoms with Gasteiger partial charge in [-0.25, -0.2) is 13.4 Å². The molecule has 2 unspecified atom stereocenters. The number of rotatable bonds is 7. The quantitative estimate of drug-likeness (QED) is 0.301. The highest BCUT2D eigenvalue weighted by Gasteiger charge is 2.32. The molecule has 0 amide bonds. The zero-order valence-corrected chi connectivity index (χ0v) is 23.1. The van der Waals surface area contributed by atoms with Gasteiger partial charge in [0.25, 0.3) is 0 Å². The van der Waals surface area contributed by atoms with E-state index < -0.39 is 32.0 Å². The van der Waals surface area contributed by atoms with E-state index in [2.05, 4.69) is 14.9 Å². The van der Waals surface area contributed by atoms with Crippen molar-refractivity contribution in [3.05, 3.63) is 76.4 Å². The minimum atomic E-state index is -3.48. The minimum absolute atomic E-state index is 0.00597. The molecule has 190 valence electrons. The fourth-order valence-corrected chi connectivity index (χ4v) is 5.38. The summed E-state index contributed by atoms with van der Waals surface area (Å²) in [7, 11) is -3.48. The van der Waals surface area contributed by atoms with Crippen molar-refractivity contribution in [2.75, 3.05) is 6.26 Å². The maximum Gasteiger partial charge on any atom is 0.192 e. The lowest BCUT2D eigenvalue weighted by atomic mass is 9.93. The molecule has 0 saturated heterocycles. The van der Waals surface area contributed by atoms with Gasteiger partial charge in [0.1, 0.15) is 10.4 Å². The van der Waals surface area contributed by atoms with Crippen LogP contribution in [0.15, 0.2) is 64.1 Å². The normalized spacial score (nSPS) is 14.2. The number of halogens is 1. The zero-order valence-electron chi connectivity index (χ0n) is 20.7. The maximum atomic E-state index is 13.2. The lowest BCUT2D eigenvalue weighted by molar-refractivity contribution is 0.459. The van der Waals surface area contributed by atoms with E-state index in [0.717, 1.165) is 28.3 Å². The molecule has 0 spiro atoms. The summed E-state index contributed by atoms with van der Waals surface area (Å²) in [5.41, 5.74) is 4.29. The van der Waals surface area contributed by atoms with Crippen LogP contribution in [0.2, 0.25) is 5.02 Å². The Bertz CT molecular complexity index is 1510. The molecule has 0 saturated carbocycles. The van der Waals surface area contributed by atoms with E-state index >= 15 is 0 Å². The van der Waals surface area contributed by atoms with Gasteiger partial charge in [0.15, 0.2) is 20.4 Å². The van der Waals surface area contributed by atoms with Crippen molar-refractivity contribution in [3.8, 4) is 11.3 Å². The summed E-state index contributed by atoms with van der Waals surface area (Å²) in [6.07, 6.45) is 1.45. The van der Waals surface area contributed by atoms with E-state index in [9.17, 15) is 13.0 Å². The number of aryl methyl sites for hydroxylation is 1. The predicted molar refractivity (Wildman–Crippen MR) is 144 cm³/mol. The summed E-state index contributed by atoms with van der Waals surface area (Å²) in [6.45, 7) is 7.55. The topological polar surface area (TPSA) is 108 Å². The lowest BCUT2D eigenvalue weighted by Gasteiger charge is -2.29. The van der Waals surface area contributed by atoms with Crippen LogP contribution in [0.5, 0.6) is 0 Å². The van der Waals surface area contributed by atoms with Gasteiger partial charge in [0.2, 0.25) is 0 Å². The van der Waals surface area contributed by atoms with Gasteiger partial charge >= 0.3 is 0 Å². The first kappa shape index (κ1) is 26.6. The van der Waals surface area contributed by atoms with Gasteiger partial charge < -0.3 is 9.08 Å². The third-order valence-electron chi connectivity index (χ3n) is 5.78. The van der Waals surface area contributed by atoms with Crippen molar-refractivity contribution in [2.24, 2.45) is 0 Å². The van der Waals surface area contributed by atoms with E-state index in [0.29, 0.717) is 28.4 Å². The lowest BCUT2D eigenvalue weighted by Crippen LogP contribution is -2.42. The summed E-state index contributed by atoms with van der Waals surface area (Å²) in [5.74, 6) is 0. The van der Waals surface area contributed by atoms with Crippen LogP contribution in [0.1, 0.15) is 43.6 Å². The summed E-state index contributed by atoms with van der Waals surface area (Å²) in [5, 5.41) is 5.67. The summed E-state index contributed by atoms with van der Waals surface area (Å²) >= 11 is 4.71. The number of nitrogens with zero attached hydrogens (tertiary/aromatic N) is 2. The molecule has 2 aromatic carbocycles. The number of fused-ring (bicyclic) bond motifs is 1. The molecule has 2 atom stereocenters. The molecular weight excluding hydrogens is 518 g/mol. The number of aromatic nitrogens is 2. The van der Waals surface area contributed by atoms with Gasteiger partial charge in [-0.05, 0) is 57.0 Å². The number of benzene rings is 2. The Morgan fingerprint density at radius 3 is 2.56 bits per heavy atom. The predicted octanol–water partition coefficient (Wildman–Crippen LogP) is 5.59. The molecule has 2 heterocycles. The van der Waals surface area contributed by atoms with Crippen LogP contribution >= 0.6 is 11.6 Å². The molecule has 0 bridgehead atoms. The van der Waals surface area contributed by atoms with Crippen LogP contribution in [0.25, 0.3) is 22.2 Å². The van der Waals surface area contributed by atoms with Gasteiger partial charge in [-0.3, -0.25) is 0 Å². The Morgan fingerprint density at radius 2 is 1.86 bits per heavy atom. The summed E-state index contributed by atoms with van der Waals surface area (Å²) in [4.78, 5) is 4.45. The number of pyridine rings is 1. The number of hydrogen-bond acceptors (Lipinski definition) is 7. The first-order chi connectivity index (χ1) is 16.8. The van der Waals surface area contributed by atoms with Gasteiger partial charge in [-0.1, -0.05) is 47.1 Å². The molecule has 36 heavy (non-hydrogen) atoms. The second-order valence-electron chi connectivity index (χ2n) is 9.70. The molecule has 0 aliphatic rings. The van der Waals surface area contributed by atoms with Gasteiger partial charge in [0, 0.05) is 51.8 Å². The Balaban J connectivity index is 1.84. The molecule has 7 nitrogen and oxygen atoms in total. The second kappa shape index (κ2) is 10.1. The van der Waals surface area contributed by atoms with Gasteiger partial charge in [-0.2, -0.15) is 0 Å². The molecule has 0 fully saturated rings. The molecule has 4 aromatic rings. The van der Waals surface area contributed by atoms with Crippen molar-refractivity contribution < 1.29 is 17.5 Å². The molecule has 0 radical (unpaired) electrons. The molecule has 10 heteroatoms. The summed E-state index contributed by atoms with van der Waals surface area (Å²) in [6, 6.07) is 15.8. The van der Waals surface area contributed by atoms with Crippen molar-refractivity contribution in [1.82, 2.24) is 14.9 Å². The highest BCUT2D eigenvalue weighted by Crippen LogP contribution is 2.36. The van der Waals surface area contributed by atoms with Crippen molar-refractivity contribution >= 4 is 43.8 Å². The van der Waals surface area contributed by atoms with Crippen LogP contribution in [-0.2, 0) is 27.6 Å². The van der Waals surface area contributed by atoms with Crippen molar-refractivity contribution in [3.63, 3.8) is 0 Å². The third kappa shape index (κ3) is 5.76. The molecule has 1 N–H and O–H groups in total. The number of hydrogen-bond donors (Lipinski definition) is 1. The Hall–Kier alpha value is -2.43. The standard InChI is InChI=1S/C26H28ClN3O4S2/c1-16-10-13-24(36(5,32)33)28-21(16)15-22(30-35(31)26(2,3)4)18-8-6-7-9-19(18)25-20-12-11-17(27)14-23(20)34-29-25/h6-14,22,30H,15H2,1-5H3. The van der Waals surface area contributed by atoms with Crippen LogP contribution in [0.3, 0.4) is 0 Å². The number of sulfone groups is 1. The maximum absolute atomic E-state index is 13.2. The van der Waals surface area contributed by atoms with Crippen molar-refractivity contribution in [2.45, 2.75) is 49.9 Å². The molecule has 0 aliphatic heterocycles. The first-order valence-electron chi connectivity index (χ1n) is 11.3. The SMILES string of the molecule is Cc1ccc(S(C)(=O)=O)nc1CC(N[S+]([O-])C(C)(C)C)c1ccccc1-c1noc2cc(Cl)ccc12. The van der Waals surface area contributed by atoms with Crippen LogP contribution in [-0.4, -0.2) is 34.1 Å². The average molecular weight is 546 g/mol. The Kier molecular flexibility index (Phi) is 7.50. The number of nitrogens with one attached hydrogen (secondary N) is 1. The highest BCUT2D eigenvalue weighted by atomic mass is 35.5. The molecule has 2 aromatic heterocycles. The Morgan fingerprint density at radius 1 is 1.14 bits per heavy atom. The Labute approximate surface area is 219 Å². The highest BCUT2D eigenvalue weighted by molar-refractivity contribution is 7.91. The average Bonchev–Trinajstić information content (AvgIpc) is 3.21. The fraction of sp³-hybridized carbons (Fsp3) is 0.308. The zero-order chi connectivity index (χ0) is 26.3. The van der Waals surface area contributed by atoms with Crippen LogP contribution in [0.4, 0.5) is 0 Å². The minimum Gasteiger partial charge on any atom is -0.598 e. The van der Waals surface area contributed by atoms with Crippen LogP contribution < -0.4 is 4.72 Å². The van der Waals surface area contributed by atoms with E-state index in [-0.39, 0.29) is 5.03 Å². The first-order valence-corrected chi connectivity index (χ1v) is 14.8. The third-order valence-corrected chi connectivity index (χ3v) is 8.62. The smallest absolute Gasteiger partial charge is 0.192 e. The van der Waals surface area contributed by atoms with Gasteiger partial charge in [0.05, 0.1) is 6.04 Å². The fourth-order valence-electron chi connectivity index (χ4n) is 3.80. The second-order valence-corrected chi connectivity index (χ2v) is 14.1. The van der Waals surface area contributed by atoms with E-state index in [1.807, 2.05) is 58.0 Å². The van der Waals surface area contributed by atoms with Crippen LogP contribution in [0, 0.1) is 6.92 Å². The monoisotopic (exact) mass is 545 g/mol. The largest absolute Gasteiger partial charge is 0.598 e. The van der Waals surface area contributed by atoms with E-state index in [1.165, 1.54) is 6.07 Å². The van der Waals surface area contributed by atoms with Crippen molar-refractivity contribution in [1.29, 1.82) is 0 Å². The summed E-state index contributed by atoms with van der Waals surface area (Å²) < 4.78 is 45.9. The van der Waals surface area contributed by atoms with E-state index in [4.69, 9.17) is 16.1 Å². The van der Waals surface area contributed by atoms with E-state index in [1.54, 1.807) is 18.2 Å². The molecule has 4 rings (SSSR count). The molecular formula is C26H28ClN3O4S2.